The maximum Gasteiger partial charge on any atom is 0.335 e. The fourth-order valence-electron chi connectivity index (χ4n) is 1.80. The number of anilines is 2. The molecule has 92 valence electrons. The number of carboxylic acids is 1. The van der Waals surface area contributed by atoms with Crippen molar-refractivity contribution in [1.29, 1.82) is 0 Å². The lowest BCUT2D eigenvalue weighted by Crippen LogP contribution is -1.98. The van der Waals surface area contributed by atoms with Crippen LogP contribution in [-0.4, -0.2) is 11.1 Å². The molecular formula is C15H15NO2. The molecule has 0 aromatic heterocycles. The fourth-order valence-corrected chi connectivity index (χ4v) is 1.80. The first kappa shape index (κ1) is 12.2. The quantitative estimate of drug-likeness (QED) is 0.858. The van der Waals surface area contributed by atoms with E-state index in [-0.39, 0.29) is 0 Å². The van der Waals surface area contributed by atoms with Crippen LogP contribution in [0.25, 0.3) is 0 Å². The largest absolute Gasteiger partial charge is 0.478 e. The van der Waals surface area contributed by atoms with E-state index >= 15 is 0 Å². The number of aromatic carboxylic acids is 1. The highest BCUT2D eigenvalue weighted by Crippen LogP contribution is 2.21. The van der Waals surface area contributed by atoms with Crippen molar-refractivity contribution in [2.24, 2.45) is 0 Å². The maximum absolute atomic E-state index is 10.8. The van der Waals surface area contributed by atoms with Gasteiger partial charge in [-0.15, -0.1) is 0 Å². The Bertz CT molecular complexity index is 547. The van der Waals surface area contributed by atoms with Crippen molar-refractivity contribution in [1.82, 2.24) is 0 Å². The van der Waals surface area contributed by atoms with E-state index in [1.54, 1.807) is 24.3 Å². The van der Waals surface area contributed by atoms with E-state index in [1.807, 2.05) is 18.2 Å². The molecule has 3 heteroatoms. The average molecular weight is 241 g/mol. The van der Waals surface area contributed by atoms with Crippen LogP contribution in [0, 0.1) is 0 Å². The van der Waals surface area contributed by atoms with E-state index < -0.39 is 5.97 Å². The third-order valence-corrected chi connectivity index (χ3v) is 2.81. The van der Waals surface area contributed by atoms with Gasteiger partial charge in [-0.2, -0.15) is 0 Å². The van der Waals surface area contributed by atoms with Gasteiger partial charge in [-0.25, -0.2) is 4.79 Å². The van der Waals surface area contributed by atoms with Crippen molar-refractivity contribution >= 4 is 17.3 Å². The van der Waals surface area contributed by atoms with Gasteiger partial charge in [0.1, 0.15) is 0 Å². The van der Waals surface area contributed by atoms with Gasteiger partial charge in [0.25, 0.3) is 0 Å². The molecule has 2 rings (SSSR count). The Morgan fingerprint density at radius 1 is 1.11 bits per heavy atom. The molecule has 3 nitrogen and oxygen atoms in total. The Labute approximate surface area is 106 Å². The number of para-hydroxylation sites is 1. The van der Waals surface area contributed by atoms with Gasteiger partial charge < -0.3 is 10.4 Å². The van der Waals surface area contributed by atoms with Crippen LogP contribution in [0.2, 0.25) is 0 Å². The Morgan fingerprint density at radius 3 is 2.39 bits per heavy atom. The van der Waals surface area contributed by atoms with Crippen LogP contribution < -0.4 is 5.32 Å². The summed E-state index contributed by atoms with van der Waals surface area (Å²) in [6, 6.07) is 14.8. The van der Waals surface area contributed by atoms with Crippen LogP contribution in [0.4, 0.5) is 11.4 Å². The van der Waals surface area contributed by atoms with Crippen molar-refractivity contribution in [3.05, 3.63) is 59.7 Å². The van der Waals surface area contributed by atoms with Gasteiger partial charge in [-0.3, -0.25) is 0 Å². The third-order valence-electron chi connectivity index (χ3n) is 2.81. The molecule has 18 heavy (non-hydrogen) atoms. The van der Waals surface area contributed by atoms with Gasteiger partial charge >= 0.3 is 5.97 Å². The Hall–Kier alpha value is -2.29. The standard InChI is InChI=1S/C15H15NO2/c1-2-11-5-3-4-6-14(11)16-13-9-7-12(8-10-13)15(17)18/h3-10,16H,2H2,1H3,(H,17,18). The Kier molecular flexibility index (Phi) is 3.63. The summed E-state index contributed by atoms with van der Waals surface area (Å²) in [5.41, 5.74) is 3.48. The molecule has 2 aromatic carbocycles. The SMILES string of the molecule is CCc1ccccc1Nc1ccc(C(=O)O)cc1. The van der Waals surface area contributed by atoms with E-state index in [0.717, 1.165) is 17.8 Å². The number of nitrogens with one attached hydrogen (secondary N) is 1. The molecule has 2 N–H and O–H groups in total. The van der Waals surface area contributed by atoms with Gasteiger partial charge in [-0.05, 0) is 42.3 Å². The van der Waals surface area contributed by atoms with Crippen molar-refractivity contribution in [2.45, 2.75) is 13.3 Å². The average Bonchev–Trinajstić information content (AvgIpc) is 2.40. The van der Waals surface area contributed by atoms with Gasteiger partial charge in [0, 0.05) is 11.4 Å². The summed E-state index contributed by atoms with van der Waals surface area (Å²) in [5.74, 6) is -0.907. The number of benzene rings is 2. The molecule has 0 saturated carbocycles. The zero-order valence-corrected chi connectivity index (χ0v) is 10.2. The summed E-state index contributed by atoms with van der Waals surface area (Å²) in [7, 11) is 0. The normalized spacial score (nSPS) is 10.1. The molecule has 0 radical (unpaired) electrons. The number of hydrogen-bond donors (Lipinski definition) is 2. The lowest BCUT2D eigenvalue weighted by molar-refractivity contribution is 0.0697. The van der Waals surface area contributed by atoms with Crippen LogP contribution in [-0.2, 0) is 6.42 Å². The van der Waals surface area contributed by atoms with Gasteiger partial charge in [-0.1, -0.05) is 25.1 Å². The maximum atomic E-state index is 10.8. The highest BCUT2D eigenvalue weighted by atomic mass is 16.4. The first-order valence-electron chi connectivity index (χ1n) is 5.89. The second-order valence-corrected chi connectivity index (χ2v) is 4.02. The molecule has 0 heterocycles. The van der Waals surface area contributed by atoms with E-state index in [1.165, 1.54) is 5.56 Å². The Morgan fingerprint density at radius 2 is 1.78 bits per heavy atom. The molecule has 0 aliphatic heterocycles. The second-order valence-electron chi connectivity index (χ2n) is 4.02. The summed E-state index contributed by atoms with van der Waals surface area (Å²) in [4.78, 5) is 10.8. The predicted molar refractivity (Wildman–Crippen MR) is 72.5 cm³/mol. The van der Waals surface area contributed by atoms with Crippen LogP contribution >= 0.6 is 0 Å². The highest BCUT2D eigenvalue weighted by Gasteiger charge is 2.03. The molecular weight excluding hydrogens is 226 g/mol. The second kappa shape index (κ2) is 5.36. The molecule has 0 fully saturated rings. The molecule has 0 saturated heterocycles. The molecule has 2 aromatic rings. The first-order valence-corrected chi connectivity index (χ1v) is 5.89. The minimum absolute atomic E-state index is 0.296. The highest BCUT2D eigenvalue weighted by molar-refractivity contribution is 5.88. The van der Waals surface area contributed by atoms with Gasteiger partial charge in [0.05, 0.1) is 5.56 Å². The first-order chi connectivity index (χ1) is 8.70. The number of aryl methyl sites for hydroxylation is 1. The lowest BCUT2D eigenvalue weighted by atomic mass is 10.1. The molecule has 0 unspecified atom stereocenters. The number of carbonyl (C=O) groups is 1. The summed E-state index contributed by atoms with van der Waals surface area (Å²) in [5, 5.41) is 12.1. The van der Waals surface area contributed by atoms with Crippen molar-refractivity contribution in [2.75, 3.05) is 5.32 Å². The Balaban J connectivity index is 2.21. The summed E-state index contributed by atoms with van der Waals surface area (Å²) < 4.78 is 0. The molecule has 0 aliphatic carbocycles. The molecule has 0 aliphatic rings. The zero-order chi connectivity index (χ0) is 13.0. The molecule has 0 bridgehead atoms. The summed E-state index contributed by atoms with van der Waals surface area (Å²) in [6.45, 7) is 2.11. The third kappa shape index (κ3) is 2.69. The predicted octanol–water partition coefficient (Wildman–Crippen LogP) is 3.69. The van der Waals surface area contributed by atoms with Crippen LogP contribution in [0.3, 0.4) is 0 Å². The number of carboxylic acid groups (broad SMARTS) is 1. The van der Waals surface area contributed by atoms with Crippen LogP contribution in [0.1, 0.15) is 22.8 Å². The molecule has 0 amide bonds. The molecule has 0 atom stereocenters. The van der Waals surface area contributed by atoms with E-state index in [4.69, 9.17) is 5.11 Å². The smallest absolute Gasteiger partial charge is 0.335 e. The summed E-state index contributed by atoms with van der Waals surface area (Å²) in [6.07, 6.45) is 0.955. The van der Waals surface area contributed by atoms with E-state index in [0.29, 0.717) is 5.56 Å². The fraction of sp³-hybridized carbons (Fsp3) is 0.133. The van der Waals surface area contributed by atoms with Gasteiger partial charge in [0.15, 0.2) is 0 Å². The summed E-state index contributed by atoms with van der Waals surface area (Å²) >= 11 is 0. The van der Waals surface area contributed by atoms with Crippen molar-refractivity contribution in [3.8, 4) is 0 Å². The van der Waals surface area contributed by atoms with Crippen molar-refractivity contribution in [3.63, 3.8) is 0 Å². The lowest BCUT2D eigenvalue weighted by Gasteiger charge is -2.10. The minimum atomic E-state index is -0.907. The number of rotatable bonds is 4. The number of hydrogen-bond acceptors (Lipinski definition) is 2. The zero-order valence-electron chi connectivity index (χ0n) is 10.2. The topological polar surface area (TPSA) is 49.3 Å². The van der Waals surface area contributed by atoms with Crippen molar-refractivity contribution < 1.29 is 9.90 Å². The van der Waals surface area contributed by atoms with Gasteiger partial charge in [0.2, 0.25) is 0 Å². The van der Waals surface area contributed by atoms with Crippen LogP contribution in [0.15, 0.2) is 48.5 Å². The monoisotopic (exact) mass is 241 g/mol. The van der Waals surface area contributed by atoms with Crippen LogP contribution in [0.5, 0.6) is 0 Å². The molecule has 0 spiro atoms. The minimum Gasteiger partial charge on any atom is -0.478 e. The van der Waals surface area contributed by atoms with E-state index in [2.05, 4.69) is 18.3 Å². The van der Waals surface area contributed by atoms with E-state index in [9.17, 15) is 4.79 Å².